The van der Waals surface area contributed by atoms with Gasteiger partial charge in [-0.3, -0.25) is 4.99 Å². The second kappa shape index (κ2) is 11.5. The van der Waals surface area contributed by atoms with Gasteiger partial charge in [-0.1, -0.05) is 12.8 Å². The lowest BCUT2D eigenvalue weighted by Crippen LogP contribution is -2.40. The Labute approximate surface area is 153 Å². The summed E-state index contributed by atoms with van der Waals surface area (Å²) >= 11 is 0. The van der Waals surface area contributed by atoms with E-state index in [-0.39, 0.29) is 24.0 Å². The van der Waals surface area contributed by atoms with Gasteiger partial charge in [-0.15, -0.1) is 24.0 Å². The van der Waals surface area contributed by atoms with Gasteiger partial charge >= 0.3 is 0 Å². The maximum absolute atomic E-state index is 5.43. The summed E-state index contributed by atoms with van der Waals surface area (Å²) in [6.45, 7) is 7.06. The molecular formula is C17H34IN3O. The molecule has 0 radical (unpaired) electrons. The number of rotatable bonds is 8. The number of hydrogen-bond acceptors (Lipinski definition) is 2. The Morgan fingerprint density at radius 3 is 2.45 bits per heavy atom. The molecule has 130 valence electrons. The second-order valence-electron chi connectivity index (χ2n) is 6.59. The molecule has 22 heavy (non-hydrogen) atoms. The summed E-state index contributed by atoms with van der Waals surface area (Å²) in [5.41, 5.74) is 0. The molecule has 1 heterocycles. The van der Waals surface area contributed by atoms with E-state index in [4.69, 9.17) is 9.73 Å². The number of nitrogens with one attached hydrogen (secondary N) is 1. The zero-order valence-corrected chi connectivity index (χ0v) is 16.7. The van der Waals surface area contributed by atoms with E-state index < -0.39 is 0 Å². The first-order valence-electron chi connectivity index (χ1n) is 8.86. The van der Waals surface area contributed by atoms with Crippen LogP contribution >= 0.6 is 24.0 Å². The van der Waals surface area contributed by atoms with Crippen molar-refractivity contribution in [2.45, 2.75) is 51.9 Å². The summed E-state index contributed by atoms with van der Waals surface area (Å²) in [5, 5.41) is 3.43. The standard InChI is InChI=1S/C17H33N3O.HI/c1-3-18-17(19-11-4-5-15-6-7-15)20(2)12-8-16-9-13-21-14-10-16;/h15-16H,3-14H2,1-2H3,(H,18,19);1H. The molecule has 0 bridgehead atoms. The Bertz CT molecular complexity index is 315. The van der Waals surface area contributed by atoms with E-state index in [1.165, 1.54) is 44.9 Å². The van der Waals surface area contributed by atoms with Crippen LogP contribution in [0.2, 0.25) is 0 Å². The lowest BCUT2D eigenvalue weighted by atomic mass is 9.96. The predicted molar refractivity (Wildman–Crippen MR) is 104 cm³/mol. The van der Waals surface area contributed by atoms with Crippen molar-refractivity contribution < 1.29 is 4.74 Å². The summed E-state index contributed by atoms with van der Waals surface area (Å²) in [7, 11) is 2.17. The Kier molecular flexibility index (Phi) is 10.4. The summed E-state index contributed by atoms with van der Waals surface area (Å²) in [5.74, 6) is 2.94. The van der Waals surface area contributed by atoms with Gasteiger partial charge in [-0.25, -0.2) is 0 Å². The fourth-order valence-corrected chi connectivity index (χ4v) is 2.96. The summed E-state index contributed by atoms with van der Waals surface area (Å²) in [6.07, 6.45) is 9.23. The zero-order valence-electron chi connectivity index (χ0n) is 14.4. The van der Waals surface area contributed by atoms with E-state index in [1.54, 1.807) is 0 Å². The number of hydrogen-bond donors (Lipinski definition) is 1. The van der Waals surface area contributed by atoms with Crippen LogP contribution in [-0.2, 0) is 4.74 Å². The molecule has 0 aromatic carbocycles. The van der Waals surface area contributed by atoms with Crippen LogP contribution in [0.1, 0.15) is 51.9 Å². The highest BCUT2D eigenvalue weighted by Crippen LogP contribution is 2.33. The van der Waals surface area contributed by atoms with Gasteiger partial charge in [0.05, 0.1) is 0 Å². The predicted octanol–water partition coefficient (Wildman–Crippen LogP) is 3.51. The van der Waals surface area contributed by atoms with Crippen molar-refractivity contribution in [3.63, 3.8) is 0 Å². The van der Waals surface area contributed by atoms with Crippen LogP contribution in [0, 0.1) is 11.8 Å². The highest BCUT2D eigenvalue weighted by molar-refractivity contribution is 14.0. The molecule has 0 unspecified atom stereocenters. The van der Waals surface area contributed by atoms with Gasteiger partial charge in [0, 0.05) is 39.9 Å². The van der Waals surface area contributed by atoms with Gasteiger partial charge in [-0.05, 0) is 50.9 Å². The Balaban J connectivity index is 0.00000242. The van der Waals surface area contributed by atoms with E-state index in [9.17, 15) is 0 Å². The van der Waals surface area contributed by atoms with Crippen molar-refractivity contribution in [2.75, 3.05) is 39.9 Å². The number of halogens is 1. The third kappa shape index (κ3) is 7.99. The molecule has 0 atom stereocenters. The van der Waals surface area contributed by atoms with Gasteiger partial charge in [0.15, 0.2) is 5.96 Å². The lowest BCUT2D eigenvalue weighted by molar-refractivity contribution is 0.0625. The second-order valence-corrected chi connectivity index (χ2v) is 6.59. The number of nitrogens with zero attached hydrogens (tertiary/aromatic N) is 2. The van der Waals surface area contributed by atoms with Crippen LogP contribution in [-0.4, -0.2) is 50.8 Å². The monoisotopic (exact) mass is 423 g/mol. The molecule has 5 heteroatoms. The first-order chi connectivity index (χ1) is 10.3. The van der Waals surface area contributed by atoms with E-state index in [2.05, 4.69) is 24.2 Å². The molecule has 0 aromatic rings. The smallest absolute Gasteiger partial charge is 0.193 e. The number of guanidine groups is 1. The molecular weight excluding hydrogens is 389 g/mol. The quantitative estimate of drug-likeness (QED) is 0.281. The highest BCUT2D eigenvalue weighted by Gasteiger charge is 2.20. The topological polar surface area (TPSA) is 36.9 Å². The van der Waals surface area contributed by atoms with Crippen molar-refractivity contribution in [3.8, 4) is 0 Å². The van der Waals surface area contributed by atoms with Crippen molar-refractivity contribution in [2.24, 2.45) is 16.8 Å². The molecule has 1 aliphatic carbocycles. The SMILES string of the molecule is CCNC(=NCCCC1CC1)N(C)CCC1CCOCC1.I. The molecule has 1 saturated carbocycles. The fraction of sp³-hybridized carbons (Fsp3) is 0.941. The average molecular weight is 423 g/mol. The summed E-state index contributed by atoms with van der Waals surface area (Å²) in [4.78, 5) is 7.09. The normalized spacial score (nSPS) is 19.6. The molecule has 2 aliphatic rings. The largest absolute Gasteiger partial charge is 0.381 e. The lowest BCUT2D eigenvalue weighted by Gasteiger charge is -2.26. The van der Waals surface area contributed by atoms with Gasteiger partial charge in [0.1, 0.15) is 0 Å². The third-order valence-electron chi connectivity index (χ3n) is 4.64. The van der Waals surface area contributed by atoms with Crippen LogP contribution in [0.15, 0.2) is 4.99 Å². The van der Waals surface area contributed by atoms with E-state index in [0.717, 1.165) is 50.6 Å². The Hall–Kier alpha value is -0.0400. The van der Waals surface area contributed by atoms with Crippen molar-refractivity contribution in [1.82, 2.24) is 10.2 Å². The van der Waals surface area contributed by atoms with Crippen molar-refractivity contribution >= 4 is 29.9 Å². The minimum atomic E-state index is 0. The first-order valence-corrected chi connectivity index (χ1v) is 8.86. The number of aliphatic imine (C=N–C) groups is 1. The van der Waals surface area contributed by atoms with Crippen LogP contribution in [0.3, 0.4) is 0 Å². The molecule has 2 rings (SSSR count). The molecule has 1 saturated heterocycles. The molecule has 4 nitrogen and oxygen atoms in total. The molecule has 1 aliphatic heterocycles. The van der Waals surface area contributed by atoms with E-state index in [0.29, 0.717) is 0 Å². The highest BCUT2D eigenvalue weighted by atomic mass is 127. The van der Waals surface area contributed by atoms with Gasteiger partial charge < -0.3 is 15.0 Å². The minimum absolute atomic E-state index is 0. The van der Waals surface area contributed by atoms with E-state index in [1.807, 2.05) is 0 Å². The average Bonchev–Trinajstić information content (AvgIpc) is 3.33. The first kappa shape index (κ1) is 20.0. The van der Waals surface area contributed by atoms with Crippen LogP contribution < -0.4 is 5.32 Å². The fourth-order valence-electron chi connectivity index (χ4n) is 2.96. The number of ether oxygens (including phenoxy) is 1. The van der Waals surface area contributed by atoms with Gasteiger partial charge in [0.2, 0.25) is 0 Å². The Morgan fingerprint density at radius 2 is 1.82 bits per heavy atom. The van der Waals surface area contributed by atoms with Gasteiger partial charge in [0.25, 0.3) is 0 Å². The minimum Gasteiger partial charge on any atom is -0.381 e. The molecule has 2 fully saturated rings. The molecule has 1 N–H and O–H groups in total. The maximum atomic E-state index is 5.43. The molecule has 0 spiro atoms. The van der Waals surface area contributed by atoms with Crippen LogP contribution in [0.25, 0.3) is 0 Å². The van der Waals surface area contributed by atoms with Crippen LogP contribution in [0.5, 0.6) is 0 Å². The Morgan fingerprint density at radius 1 is 1.14 bits per heavy atom. The molecule has 0 amide bonds. The third-order valence-corrected chi connectivity index (χ3v) is 4.64. The van der Waals surface area contributed by atoms with E-state index >= 15 is 0 Å². The van der Waals surface area contributed by atoms with Crippen molar-refractivity contribution in [1.29, 1.82) is 0 Å². The zero-order chi connectivity index (χ0) is 14.9. The maximum Gasteiger partial charge on any atom is 0.193 e. The van der Waals surface area contributed by atoms with Crippen molar-refractivity contribution in [3.05, 3.63) is 0 Å². The van der Waals surface area contributed by atoms with Gasteiger partial charge in [-0.2, -0.15) is 0 Å². The van der Waals surface area contributed by atoms with Crippen LogP contribution in [0.4, 0.5) is 0 Å². The summed E-state index contributed by atoms with van der Waals surface area (Å²) in [6, 6.07) is 0. The molecule has 0 aromatic heterocycles. The summed E-state index contributed by atoms with van der Waals surface area (Å²) < 4.78 is 5.43.